The molecule has 1 fully saturated rings. The number of piperidine rings is 1. The number of Topliss-reactive ketones (excluding diaryl/α,β-unsaturated/α-hetero) is 1. The molecule has 1 aromatic rings. The van der Waals surface area contributed by atoms with Crippen LogP contribution in [0.3, 0.4) is 0 Å². The Labute approximate surface area is 132 Å². The van der Waals surface area contributed by atoms with E-state index in [4.69, 9.17) is 0 Å². The first kappa shape index (κ1) is 17.5. The highest BCUT2D eigenvalue weighted by Gasteiger charge is 2.41. The van der Waals surface area contributed by atoms with Gasteiger partial charge in [0.2, 0.25) is 5.91 Å². The van der Waals surface area contributed by atoms with Crippen molar-refractivity contribution in [2.75, 3.05) is 25.0 Å². The zero-order valence-electron chi connectivity index (χ0n) is 12.8. The molecule has 0 bridgehead atoms. The summed E-state index contributed by atoms with van der Waals surface area (Å²) in [6, 6.07) is 6.39. The van der Waals surface area contributed by atoms with E-state index in [0.29, 0.717) is 24.2 Å². The zero-order valence-corrected chi connectivity index (χ0v) is 12.8. The molecule has 0 radical (unpaired) electrons. The molecular formula is C16H19F3N2O2. The van der Waals surface area contributed by atoms with Crippen LogP contribution in [0.5, 0.6) is 0 Å². The number of ketones is 1. The summed E-state index contributed by atoms with van der Waals surface area (Å²) in [5.41, 5.74) is 1.05. The summed E-state index contributed by atoms with van der Waals surface area (Å²) < 4.78 is 38.2. The van der Waals surface area contributed by atoms with Gasteiger partial charge in [0.1, 0.15) is 0 Å². The lowest BCUT2D eigenvalue weighted by Gasteiger charge is -2.33. The van der Waals surface area contributed by atoms with Gasteiger partial charge < -0.3 is 5.32 Å². The smallest absolute Gasteiger partial charge is 0.325 e. The summed E-state index contributed by atoms with van der Waals surface area (Å²) >= 11 is 0. The van der Waals surface area contributed by atoms with Crippen molar-refractivity contribution < 1.29 is 22.8 Å². The average Bonchev–Trinajstić information content (AvgIpc) is 2.47. The average molecular weight is 328 g/mol. The van der Waals surface area contributed by atoms with Crippen LogP contribution < -0.4 is 5.32 Å². The van der Waals surface area contributed by atoms with E-state index in [0.717, 1.165) is 0 Å². The number of hydrogen-bond donors (Lipinski definition) is 1. The van der Waals surface area contributed by atoms with Crippen LogP contribution in [0.15, 0.2) is 24.3 Å². The Kier molecular flexibility index (Phi) is 5.41. The second kappa shape index (κ2) is 7.12. The minimum absolute atomic E-state index is 0.0684. The summed E-state index contributed by atoms with van der Waals surface area (Å²) in [5, 5.41) is 2.64. The monoisotopic (exact) mass is 328 g/mol. The van der Waals surface area contributed by atoms with Gasteiger partial charge >= 0.3 is 6.18 Å². The maximum Gasteiger partial charge on any atom is 0.393 e. The van der Waals surface area contributed by atoms with Crippen molar-refractivity contribution in [3.63, 3.8) is 0 Å². The van der Waals surface area contributed by atoms with Crippen molar-refractivity contribution in [3.8, 4) is 0 Å². The molecule has 1 aliphatic rings. The third-order valence-corrected chi connectivity index (χ3v) is 3.91. The molecule has 0 aromatic heterocycles. The number of hydrogen-bond acceptors (Lipinski definition) is 3. The van der Waals surface area contributed by atoms with Gasteiger partial charge in [0.25, 0.3) is 0 Å². The number of halogens is 3. The van der Waals surface area contributed by atoms with E-state index >= 15 is 0 Å². The van der Waals surface area contributed by atoms with Crippen molar-refractivity contribution in [2.45, 2.75) is 25.9 Å². The third-order valence-electron chi connectivity index (χ3n) is 3.91. The molecule has 1 aliphatic heterocycles. The first-order valence-corrected chi connectivity index (χ1v) is 7.45. The largest absolute Gasteiger partial charge is 0.393 e. The second-order valence-electron chi connectivity index (χ2n) is 5.80. The summed E-state index contributed by atoms with van der Waals surface area (Å²) in [6.07, 6.45) is -3.66. The van der Waals surface area contributed by atoms with Crippen molar-refractivity contribution >= 4 is 17.4 Å². The number of rotatable bonds is 4. The highest BCUT2D eigenvalue weighted by atomic mass is 19.4. The first-order valence-electron chi connectivity index (χ1n) is 7.45. The number of likely N-dealkylation sites (tertiary alicyclic amines) is 1. The Bertz CT molecular complexity index is 570. The molecule has 1 aromatic carbocycles. The number of carbonyl (C=O) groups excluding carboxylic acids is 2. The third kappa shape index (κ3) is 5.06. The van der Waals surface area contributed by atoms with Gasteiger partial charge in [0, 0.05) is 17.8 Å². The number of amides is 1. The lowest BCUT2D eigenvalue weighted by Crippen LogP contribution is -2.44. The Balaban J connectivity index is 1.88. The molecular weight excluding hydrogens is 309 g/mol. The topological polar surface area (TPSA) is 49.4 Å². The zero-order chi connectivity index (χ0) is 17.0. The van der Waals surface area contributed by atoms with Crippen molar-refractivity contribution in [3.05, 3.63) is 29.8 Å². The summed E-state index contributed by atoms with van der Waals surface area (Å²) in [6.45, 7) is 1.73. The lowest BCUT2D eigenvalue weighted by molar-refractivity contribution is -0.186. The number of anilines is 1. The molecule has 23 heavy (non-hydrogen) atoms. The normalized spacial score (nSPS) is 19.4. The molecule has 1 heterocycles. The van der Waals surface area contributed by atoms with Gasteiger partial charge in [-0.05, 0) is 50.6 Å². The number of nitrogens with one attached hydrogen (secondary N) is 1. The van der Waals surface area contributed by atoms with Gasteiger partial charge in [-0.15, -0.1) is 0 Å². The van der Waals surface area contributed by atoms with Crippen LogP contribution in [-0.4, -0.2) is 42.4 Å². The van der Waals surface area contributed by atoms with Crippen LogP contribution in [-0.2, 0) is 4.79 Å². The van der Waals surface area contributed by atoms with Gasteiger partial charge in [0.15, 0.2) is 5.78 Å². The van der Waals surface area contributed by atoms with Crippen LogP contribution in [0.25, 0.3) is 0 Å². The van der Waals surface area contributed by atoms with Gasteiger partial charge in [0.05, 0.1) is 12.5 Å². The summed E-state index contributed by atoms with van der Waals surface area (Å²) in [5.74, 6) is -1.79. The van der Waals surface area contributed by atoms with Crippen molar-refractivity contribution in [2.24, 2.45) is 5.92 Å². The summed E-state index contributed by atoms with van der Waals surface area (Å²) in [4.78, 5) is 24.7. The van der Waals surface area contributed by atoms with E-state index in [1.807, 2.05) is 0 Å². The Hall–Kier alpha value is -1.89. The van der Waals surface area contributed by atoms with Crippen LogP contribution in [0.4, 0.5) is 18.9 Å². The van der Waals surface area contributed by atoms with Crippen LogP contribution in [0.2, 0.25) is 0 Å². The molecule has 0 saturated carbocycles. The first-order chi connectivity index (χ1) is 10.8. The predicted molar refractivity (Wildman–Crippen MR) is 80.3 cm³/mol. The number of benzene rings is 1. The fourth-order valence-corrected chi connectivity index (χ4v) is 2.66. The van der Waals surface area contributed by atoms with Gasteiger partial charge in [-0.2, -0.15) is 13.2 Å². The van der Waals surface area contributed by atoms with E-state index in [9.17, 15) is 22.8 Å². The SMILES string of the molecule is CC(=O)c1ccc(NC(=O)CN2CCCC(C(F)(F)F)C2)cc1. The molecule has 1 unspecified atom stereocenters. The molecule has 4 nitrogen and oxygen atoms in total. The standard InChI is InChI=1S/C16H19F3N2O2/c1-11(22)12-4-6-14(7-5-12)20-15(23)10-21-8-2-3-13(9-21)16(17,18)19/h4-7,13H,2-3,8-10H2,1H3,(H,20,23). The van der Waals surface area contributed by atoms with E-state index in [2.05, 4.69) is 5.32 Å². The lowest BCUT2D eigenvalue weighted by atomic mass is 9.97. The Morgan fingerprint density at radius 1 is 1.26 bits per heavy atom. The quantitative estimate of drug-likeness (QED) is 0.864. The minimum atomic E-state index is -4.21. The van der Waals surface area contributed by atoms with E-state index in [1.165, 1.54) is 11.8 Å². The Morgan fingerprint density at radius 2 is 1.91 bits per heavy atom. The van der Waals surface area contributed by atoms with Crippen molar-refractivity contribution in [1.29, 1.82) is 0 Å². The molecule has 7 heteroatoms. The minimum Gasteiger partial charge on any atom is -0.325 e. The maximum absolute atomic E-state index is 12.7. The van der Waals surface area contributed by atoms with E-state index in [-0.39, 0.29) is 31.2 Å². The molecule has 126 valence electrons. The van der Waals surface area contributed by atoms with E-state index in [1.54, 1.807) is 24.3 Å². The molecule has 2 rings (SSSR count). The fourth-order valence-electron chi connectivity index (χ4n) is 2.66. The molecule has 0 spiro atoms. The van der Waals surface area contributed by atoms with Gasteiger partial charge in [-0.3, -0.25) is 14.5 Å². The van der Waals surface area contributed by atoms with Gasteiger partial charge in [-0.1, -0.05) is 0 Å². The second-order valence-corrected chi connectivity index (χ2v) is 5.80. The highest BCUT2D eigenvalue weighted by molar-refractivity contribution is 5.96. The van der Waals surface area contributed by atoms with E-state index < -0.39 is 12.1 Å². The molecule has 1 amide bonds. The van der Waals surface area contributed by atoms with Gasteiger partial charge in [-0.25, -0.2) is 0 Å². The number of alkyl halides is 3. The van der Waals surface area contributed by atoms with Crippen molar-refractivity contribution in [1.82, 2.24) is 4.90 Å². The number of nitrogens with zero attached hydrogens (tertiary/aromatic N) is 1. The maximum atomic E-state index is 12.7. The molecule has 1 atom stereocenters. The predicted octanol–water partition coefficient (Wildman–Crippen LogP) is 3.10. The van der Waals surface area contributed by atoms with Crippen LogP contribution >= 0.6 is 0 Å². The Morgan fingerprint density at radius 3 is 2.48 bits per heavy atom. The highest BCUT2D eigenvalue weighted by Crippen LogP contribution is 2.32. The van der Waals surface area contributed by atoms with Crippen LogP contribution in [0.1, 0.15) is 30.1 Å². The fraction of sp³-hybridized carbons (Fsp3) is 0.500. The molecule has 1 N–H and O–H groups in total. The number of carbonyl (C=O) groups is 2. The summed E-state index contributed by atoms with van der Waals surface area (Å²) in [7, 11) is 0. The molecule has 0 aliphatic carbocycles. The van der Waals surface area contributed by atoms with Crippen LogP contribution in [0, 0.1) is 5.92 Å². The molecule has 1 saturated heterocycles.